The molecule has 2 unspecified atom stereocenters. The molecule has 200 valence electrons. The van der Waals surface area contributed by atoms with Gasteiger partial charge in [-0.1, -0.05) is 24.6 Å². The normalized spacial score (nSPS) is 19.5. The number of benzene rings is 2. The van der Waals surface area contributed by atoms with Crippen LogP contribution >= 0.6 is 11.6 Å². The number of hydrogen-bond donors (Lipinski definition) is 3. The van der Waals surface area contributed by atoms with Crippen LogP contribution in [0.4, 0.5) is 15.8 Å². The number of likely N-dealkylation sites (tertiary alicyclic amines) is 1. The smallest absolute Gasteiger partial charge is 0.251 e. The minimum atomic E-state index is -3.75. The number of nitrogens with one attached hydrogen (secondary N) is 3. The molecule has 4 rings (SSSR count). The lowest BCUT2D eigenvalue weighted by atomic mass is 9.98. The van der Waals surface area contributed by atoms with E-state index >= 15 is 0 Å². The Labute approximate surface area is 221 Å². The summed E-state index contributed by atoms with van der Waals surface area (Å²) in [4.78, 5) is 27.8. The molecule has 37 heavy (non-hydrogen) atoms. The van der Waals surface area contributed by atoms with Crippen molar-refractivity contribution in [2.45, 2.75) is 44.5 Å². The van der Waals surface area contributed by atoms with Crippen LogP contribution in [0.2, 0.25) is 5.02 Å². The summed E-state index contributed by atoms with van der Waals surface area (Å²) in [6.45, 7) is 6.95. The molecule has 0 bridgehead atoms. The van der Waals surface area contributed by atoms with Crippen LogP contribution in [0.1, 0.15) is 42.6 Å². The lowest BCUT2D eigenvalue weighted by molar-refractivity contribution is -0.116. The second-order valence-electron chi connectivity index (χ2n) is 10.0. The fourth-order valence-electron chi connectivity index (χ4n) is 4.63. The van der Waals surface area contributed by atoms with Crippen LogP contribution in [-0.4, -0.2) is 62.6 Å². The summed E-state index contributed by atoms with van der Waals surface area (Å²) >= 11 is 5.96. The lowest BCUT2D eigenvalue weighted by Crippen LogP contribution is -2.45. The Bertz CT molecular complexity index is 1280. The summed E-state index contributed by atoms with van der Waals surface area (Å²) in [5, 5.41) is 8.64. The minimum absolute atomic E-state index is 0.0145. The first-order valence-electron chi connectivity index (χ1n) is 12.4. The Morgan fingerprint density at radius 2 is 1.92 bits per heavy atom. The van der Waals surface area contributed by atoms with E-state index in [1.165, 1.54) is 6.07 Å². The highest BCUT2D eigenvalue weighted by molar-refractivity contribution is 7.90. The number of hydrogen-bond acceptors (Lipinski definition) is 6. The van der Waals surface area contributed by atoms with Crippen molar-refractivity contribution in [3.05, 3.63) is 58.4 Å². The Kier molecular flexibility index (Phi) is 8.40. The molecule has 0 aliphatic carbocycles. The number of anilines is 2. The first-order valence-corrected chi connectivity index (χ1v) is 14.6. The molecule has 2 aliphatic rings. The standard InChI is InChI=1S/C26H32ClFN4O4S/c1-16-7-9-32(10-8-16)17(2)13-29-25(33)18-4-6-22-23(11-18)31-26(34)24(30-22)15-37(35,36)14-19-3-5-20(28)12-21(19)27/h3-6,11-12,16-17,24,30H,7-10,13-15H2,1-2H3,(H,29,33)(H,31,34). The third-order valence-corrected chi connectivity index (χ3v) is 8.94. The number of rotatable bonds is 8. The molecule has 2 aromatic carbocycles. The minimum Gasteiger partial charge on any atom is -0.371 e. The van der Waals surface area contributed by atoms with Crippen molar-refractivity contribution in [1.29, 1.82) is 0 Å². The monoisotopic (exact) mass is 550 g/mol. The van der Waals surface area contributed by atoms with Crippen LogP contribution in [0.5, 0.6) is 0 Å². The van der Waals surface area contributed by atoms with E-state index in [9.17, 15) is 22.4 Å². The van der Waals surface area contributed by atoms with Crippen molar-refractivity contribution in [3.63, 3.8) is 0 Å². The van der Waals surface area contributed by atoms with E-state index in [4.69, 9.17) is 11.6 Å². The van der Waals surface area contributed by atoms with E-state index in [-0.39, 0.29) is 22.5 Å². The first kappa shape index (κ1) is 27.3. The summed E-state index contributed by atoms with van der Waals surface area (Å²) in [5.74, 6) is -1.47. The Morgan fingerprint density at radius 1 is 1.19 bits per heavy atom. The highest BCUT2D eigenvalue weighted by Gasteiger charge is 2.31. The third kappa shape index (κ3) is 7.00. The summed E-state index contributed by atoms with van der Waals surface area (Å²) in [6, 6.07) is 7.57. The Morgan fingerprint density at radius 3 is 2.62 bits per heavy atom. The molecule has 0 spiro atoms. The summed E-state index contributed by atoms with van der Waals surface area (Å²) in [7, 11) is -3.75. The number of carbonyl (C=O) groups is 2. The molecule has 1 saturated heterocycles. The van der Waals surface area contributed by atoms with Gasteiger partial charge < -0.3 is 16.0 Å². The van der Waals surface area contributed by atoms with Crippen molar-refractivity contribution in [3.8, 4) is 0 Å². The lowest BCUT2D eigenvalue weighted by Gasteiger charge is -2.35. The fourth-order valence-corrected chi connectivity index (χ4v) is 6.53. The van der Waals surface area contributed by atoms with Gasteiger partial charge in [0, 0.05) is 23.2 Å². The molecule has 2 heterocycles. The largest absolute Gasteiger partial charge is 0.371 e. The van der Waals surface area contributed by atoms with Gasteiger partial charge in [-0.05, 0) is 74.7 Å². The number of nitrogens with zero attached hydrogens (tertiary/aromatic N) is 1. The van der Waals surface area contributed by atoms with Gasteiger partial charge in [-0.15, -0.1) is 0 Å². The number of fused-ring (bicyclic) bond motifs is 1. The van der Waals surface area contributed by atoms with E-state index in [1.54, 1.807) is 18.2 Å². The number of sulfone groups is 1. The second-order valence-corrected chi connectivity index (χ2v) is 12.5. The molecule has 0 saturated carbocycles. The van der Waals surface area contributed by atoms with Gasteiger partial charge in [0.1, 0.15) is 11.9 Å². The number of piperidine rings is 1. The van der Waals surface area contributed by atoms with Crippen molar-refractivity contribution >= 4 is 44.6 Å². The Hall–Kier alpha value is -2.69. The molecule has 1 fully saturated rings. The highest BCUT2D eigenvalue weighted by atomic mass is 35.5. The second kappa shape index (κ2) is 11.4. The van der Waals surface area contributed by atoms with Crippen LogP contribution in [0.15, 0.2) is 36.4 Å². The van der Waals surface area contributed by atoms with Gasteiger partial charge >= 0.3 is 0 Å². The van der Waals surface area contributed by atoms with Gasteiger partial charge in [-0.3, -0.25) is 14.5 Å². The van der Waals surface area contributed by atoms with Crippen molar-refractivity contribution < 1.29 is 22.4 Å². The summed E-state index contributed by atoms with van der Waals surface area (Å²) in [6.07, 6.45) is 2.33. The zero-order chi connectivity index (χ0) is 26.7. The predicted octanol–water partition coefficient (Wildman–Crippen LogP) is 3.68. The molecule has 0 aromatic heterocycles. The quantitative estimate of drug-likeness (QED) is 0.463. The van der Waals surface area contributed by atoms with Gasteiger partial charge in [-0.2, -0.15) is 0 Å². The van der Waals surface area contributed by atoms with Crippen LogP contribution in [0.25, 0.3) is 0 Å². The fraction of sp³-hybridized carbons (Fsp3) is 0.462. The van der Waals surface area contributed by atoms with Gasteiger partial charge in [0.25, 0.3) is 5.91 Å². The number of amides is 2. The van der Waals surface area contributed by atoms with Crippen molar-refractivity contribution in [2.24, 2.45) is 5.92 Å². The molecule has 2 amide bonds. The third-order valence-electron chi connectivity index (χ3n) is 7.00. The van der Waals surface area contributed by atoms with Crippen molar-refractivity contribution in [1.82, 2.24) is 10.2 Å². The summed E-state index contributed by atoms with van der Waals surface area (Å²) < 4.78 is 38.7. The maximum atomic E-state index is 13.3. The average molecular weight is 551 g/mol. The van der Waals surface area contributed by atoms with E-state index in [0.717, 1.165) is 44.0 Å². The van der Waals surface area contributed by atoms with E-state index in [1.807, 2.05) is 0 Å². The van der Waals surface area contributed by atoms with E-state index < -0.39 is 39.1 Å². The maximum Gasteiger partial charge on any atom is 0.251 e. The molecular formula is C26H32ClFN4O4S. The van der Waals surface area contributed by atoms with Crippen molar-refractivity contribution in [2.75, 3.05) is 36.0 Å². The predicted molar refractivity (Wildman–Crippen MR) is 143 cm³/mol. The molecule has 2 aromatic rings. The Balaban J connectivity index is 1.35. The van der Waals surface area contributed by atoms with Crippen LogP contribution in [0.3, 0.4) is 0 Å². The highest BCUT2D eigenvalue weighted by Crippen LogP contribution is 2.29. The zero-order valence-corrected chi connectivity index (χ0v) is 22.5. The molecule has 2 atom stereocenters. The molecule has 2 aliphatic heterocycles. The molecule has 3 N–H and O–H groups in total. The van der Waals surface area contributed by atoms with Gasteiger partial charge in [-0.25, -0.2) is 12.8 Å². The molecular weight excluding hydrogens is 519 g/mol. The van der Waals surface area contributed by atoms with Gasteiger partial charge in [0.05, 0.1) is 22.9 Å². The zero-order valence-electron chi connectivity index (χ0n) is 20.9. The van der Waals surface area contributed by atoms with E-state index in [0.29, 0.717) is 23.5 Å². The van der Waals surface area contributed by atoms with Crippen LogP contribution < -0.4 is 16.0 Å². The van der Waals surface area contributed by atoms with Crippen LogP contribution in [-0.2, 0) is 20.4 Å². The van der Waals surface area contributed by atoms with Gasteiger partial charge in [0.2, 0.25) is 5.91 Å². The average Bonchev–Trinajstić information content (AvgIpc) is 2.84. The number of carbonyl (C=O) groups excluding carboxylic acids is 2. The summed E-state index contributed by atoms with van der Waals surface area (Å²) in [5.41, 5.74) is 1.59. The first-order chi connectivity index (χ1) is 17.5. The topological polar surface area (TPSA) is 108 Å². The number of halogens is 2. The van der Waals surface area contributed by atoms with E-state index in [2.05, 4.69) is 34.7 Å². The van der Waals surface area contributed by atoms with Gasteiger partial charge in [0.15, 0.2) is 9.84 Å². The molecule has 8 nitrogen and oxygen atoms in total. The SMILES string of the molecule is CC1CCN(C(C)CNC(=O)c2ccc3c(c2)NC(=O)C(CS(=O)(=O)Cc2ccc(F)cc2Cl)N3)CC1. The molecule has 0 radical (unpaired) electrons. The van der Waals surface area contributed by atoms with Crippen LogP contribution in [0, 0.1) is 11.7 Å². The maximum absolute atomic E-state index is 13.3. The molecule has 11 heteroatoms.